The summed E-state index contributed by atoms with van der Waals surface area (Å²) in [7, 11) is 0. The van der Waals surface area contributed by atoms with Crippen molar-refractivity contribution in [1.82, 2.24) is 19.9 Å². The van der Waals surface area contributed by atoms with Gasteiger partial charge in [-0.15, -0.1) is 0 Å². The minimum Gasteiger partial charge on any atom is -0.484 e. The van der Waals surface area contributed by atoms with Crippen LogP contribution < -0.4 is 10.5 Å². The van der Waals surface area contributed by atoms with E-state index in [1.54, 1.807) is 24.3 Å². The van der Waals surface area contributed by atoms with Crippen LogP contribution in [0.4, 0.5) is 5.69 Å². The molecule has 0 unspecified atom stereocenters. The Morgan fingerprint density at radius 2 is 2.12 bits per heavy atom. The zero-order valence-electron chi connectivity index (χ0n) is 13.7. The molecule has 0 saturated carbocycles. The summed E-state index contributed by atoms with van der Waals surface area (Å²) in [6, 6.07) is 6.54. The van der Waals surface area contributed by atoms with Crippen LogP contribution >= 0.6 is 0 Å². The van der Waals surface area contributed by atoms with Gasteiger partial charge in [0.25, 0.3) is 11.8 Å². The van der Waals surface area contributed by atoms with E-state index in [4.69, 9.17) is 15.0 Å². The van der Waals surface area contributed by atoms with Gasteiger partial charge in [0.1, 0.15) is 11.9 Å². The number of nitrogens with two attached hydrogens (primary N) is 1. The van der Waals surface area contributed by atoms with Gasteiger partial charge in [-0.1, -0.05) is 5.16 Å². The summed E-state index contributed by atoms with van der Waals surface area (Å²) in [5.41, 5.74) is 5.41. The van der Waals surface area contributed by atoms with Crippen molar-refractivity contribution >= 4 is 11.6 Å². The molecule has 0 aliphatic rings. The molecule has 0 fully saturated rings. The third-order valence-corrected chi connectivity index (χ3v) is 3.39. The molecule has 1 amide bonds. The molecule has 3 aromatic rings. The number of benzene rings is 1. The molecule has 0 saturated heterocycles. The predicted molar refractivity (Wildman–Crippen MR) is 88.0 cm³/mol. The number of hydrogen-bond acceptors (Lipinski definition) is 8. The van der Waals surface area contributed by atoms with Gasteiger partial charge in [-0.2, -0.15) is 10.1 Å². The molecular weight excluding hydrogens is 344 g/mol. The highest BCUT2D eigenvalue weighted by Crippen LogP contribution is 2.29. The van der Waals surface area contributed by atoms with E-state index < -0.39 is 10.8 Å². The molecule has 2 heterocycles. The quantitative estimate of drug-likeness (QED) is 0.491. The second-order valence-corrected chi connectivity index (χ2v) is 5.18. The first kappa shape index (κ1) is 17.1. The van der Waals surface area contributed by atoms with Crippen LogP contribution in [0.1, 0.15) is 6.92 Å². The lowest BCUT2D eigenvalue weighted by atomic mass is 10.2. The van der Waals surface area contributed by atoms with Crippen molar-refractivity contribution in [3.8, 4) is 28.7 Å². The van der Waals surface area contributed by atoms with E-state index >= 15 is 0 Å². The van der Waals surface area contributed by atoms with Crippen molar-refractivity contribution in [2.45, 2.75) is 13.5 Å². The van der Waals surface area contributed by atoms with Crippen LogP contribution in [0.2, 0.25) is 0 Å². The lowest BCUT2D eigenvalue weighted by Crippen LogP contribution is -2.19. The number of rotatable bonds is 7. The number of amides is 1. The molecule has 0 aliphatic carbocycles. The minimum absolute atomic E-state index is 0.0111. The monoisotopic (exact) mass is 358 g/mol. The normalized spacial score (nSPS) is 10.7. The van der Waals surface area contributed by atoms with Crippen molar-refractivity contribution in [3.05, 3.63) is 40.6 Å². The minimum atomic E-state index is -0.579. The number of primary amides is 1. The van der Waals surface area contributed by atoms with Crippen molar-refractivity contribution in [2.24, 2.45) is 5.73 Å². The summed E-state index contributed by atoms with van der Waals surface area (Å²) in [6.45, 7) is 2.05. The van der Waals surface area contributed by atoms with E-state index in [0.29, 0.717) is 17.9 Å². The van der Waals surface area contributed by atoms with E-state index in [0.717, 1.165) is 0 Å². The average Bonchev–Trinajstić information content (AvgIpc) is 3.27. The van der Waals surface area contributed by atoms with E-state index in [2.05, 4.69) is 15.2 Å². The maximum absolute atomic E-state index is 11.2. The lowest BCUT2D eigenvalue weighted by molar-refractivity contribution is -0.384. The standard InChI is InChI=1S/C15H14N6O5/c1-2-20-7-11(21(23)24)13(18-20)15-17-14(19-26-15)9-3-5-10(6-4-9)25-8-12(16)22/h3-7H,2,8H2,1H3,(H2,16,22). The van der Waals surface area contributed by atoms with Gasteiger partial charge < -0.3 is 15.0 Å². The average molecular weight is 358 g/mol. The van der Waals surface area contributed by atoms with Gasteiger partial charge in [0.05, 0.1) is 4.92 Å². The fourth-order valence-electron chi connectivity index (χ4n) is 2.15. The zero-order chi connectivity index (χ0) is 18.7. The molecule has 0 atom stereocenters. The molecule has 11 nitrogen and oxygen atoms in total. The summed E-state index contributed by atoms with van der Waals surface area (Å²) < 4.78 is 11.7. The molecule has 1 aromatic carbocycles. The number of aryl methyl sites for hydroxylation is 1. The molecule has 2 N–H and O–H groups in total. The first-order chi connectivity index (χ1) is 12.5. The highest BCUT2D eigenvalue weighted by atomic mass is 16.6. The van der Waals surface area contributed by atoms with Crippen LogP contribution in [-0.4, -0.2) is 37.4 Å². The molecule has 3 rings (SSSR count). The maximum atomic E-state index is 11.2. The molecule has 0 spiro atoms. The van der Waals surface area contributed by atoms with E-state index in [1.165, 1.54) is 10.9 Å². The largest absolute Gasteiger partial charge is 0.484 e. The molecule has 0 bridgehead atoms. The van der Waals surface area contributed by atoms with Gasteiger partial charge in [0.2, 0.25) is 11.5 Å². The Kier molecular flexibility index (Phi) is 4.60. The Labute approximate surface area is 146 Å². The number of carbonyl (C=O) groups excluding carboxylic acids is 1. The molecule has 2 aromatic heterocycles. The second kappa shape index (κ2) is 7.01. The molecule has 26 heavy (non-hydrogen) atoms. The number of ether oxygens (including phenoxy) is 1. The number of nitrogens with zero attached hydrogens (tertiary/aromatic N) is 5. The molecule has 11 heteroatoms. The van der Waals surface area contributed by atoms with Crippen molar-refractivity contribution in [1.29, 1.82) is 0 Å². The van der Waals surface area contributed by atoms with E-state index in [1.807, 2.05) is 6.92 Å². The van der Waals surface area contributed by atoms with Gasteiger partial charge in [0.15, 0.2) is 6.61 Å². The van der Waals surface area contributed by atoms with Crippen molar-refractivity contribution in [3.63, 3.8) is 0 Å². The Balaban J connectivity index is 1.85. The summed E-state index contributed by atoms with van der Waals surface area (Å²) in [5.74, 6) is 0.0633. The smallest absolute Gasteiger partial charge is 0.320 e. The van der Waals surface area contributed by atoms with Crippen LogP contribution in [0.25, 0.3) is 23.0 Å². The lowest BCUT2D eigenvalue weighted by Gasteiger charge is -2.03. The number of aromatic nitrogens is 4. The zero-order valence-corrected chi connectivity index (χ0v) is 13.7. The Bertz CT molecular complexity index is 946. The number of hydrogen-bond donors (Lipinski definition) is 1. The maximum Gasteiger partial charge on any atom is 0.320 e. The van der Waals surface area contributed by atoms with E-state index in [-0.39, 0.29) is 29.7 Å². The third kappa shape index (κ3) is 3.50. The number of carbonyl (C=O) groups is 1. The van der Waals surface area contributed by atoms with Crippen LogP contribution in [-0.2, 0) is 11.3 Å². The van der Waals surface area contributed by atoms with Crippen molar-refractivity contribution in [2.75, 3.05) is 6.61 Å². The van der Waals surface area contributed by atoms with Crippen LogP contribution in [0.5, 0.6) is 5.75 Å². The van der Waals surface area contributed by atoms with Crippen LogP contribution in [0, 0.1) is 10.1 Å². The topological polar surface area (TPSA) is 152 Å². The fourth-order valence-corrected chi connectivity index (χ4v) is 2.15. The third-order valence-electron chi connectivity index (χ3n) is 3.39. The van der Waals surface area contributed by atoms with Crippen LogP contribution in [0.15, 0.2) is 35.0 Å². The van der Waals surface area contributed by atoms with Gasteiger partial charge in [-0.25, -0.2) is 0 Å². The van der Waals surface area contributed by atoms with Crippen molar-refractivity contribution < 1.29 is 19.0 Å². The highest BCUT2D eigenvalue weighted by Gasteiger charge is 2.25. The molecule has 0 radical (unpaired) electrons. The highest BCUT2D eigenvalue weighted by molar-refractivity contribution is 5.75. The fraction of sp³-hybridized carbons (Fsp3) is 0.200. The summed E-state index contributed by atoms with van der Waals surface area (Å²) in [6.07, 6.45) is 1.31. The first-order valence-corrected chi connectivity index (χ1v) is 7.55. The van der Waals surface area contributed by atoms with Gasteiger partial charge in [-0.05, 0) is 31.2 Å². The summed E-state index contributed by atoms with van der Waals surface area (Å²) >= 11 is 0. The van der Waals surface area contributed by atoms with Crippen LogP contribution in [0.3, 0.4) is 0 Å². The number of nitro groups is 1. The Morgan fingerprint density at radius 3 is 2.73 bits per heavy atom. The molecule has 134 valence electrons. The second-order valence-electron chi connectivity index (χ2n) is 5.18. The SMILES string of the molecule is CCn1cc([N+](=O)[O-])c(-c2nc(-c3ccc(OCC(N)=O)cc3)no2)n1. The van der Waals surface area contributed by atoms with Gasteiger partial charge >= 0.3 is 5.69 Å². The Morgan fingerprint density at radius 1 is 1.38 bits per heavy atom. The first-order valence-electron chi connectivity index (χ1n) is 7.55. The van der Waals surface area contributed by atoms with Gasteiger partial charge in [-0.3, -0.25) is 19.6 Å². The molecular formula is C15H14N6O5. The van der Waals surface area contributed by atoms with Gasteiger partial charge in [0, 0.05) is 12.1 Å². The predicted octanol–water partition coefficient (Wildman–Crippen LogP) is 1.39. The summed E-state index contributed by atoms with van der Waals surface area (Å²) in [4.78, 5) is 25.5. The molecule has 0 aliphatic heterocycles. The summed E-state index contributed by atoms with van der Waals surface area (Å²) in [5, 5.41) is 19.1. The van der Waals surface area contributed by atoms with E-state index in [9.17, 15) is 14.9 Å². The Hall–Kier alpha value is -3.76.